The van der Waals surface area contributed by atoms with Gasteiger partial charge in [0.05, 0.1) is 6.61 Å². The molecule has 0 unspecified atom stereocenters. The molecule has 6 heteroatoms. The Morgan fingerprint density at radius 2 is 1.95 bits per heavy atom. The lowest BCUT2D eigenvalue weighted by molar-refractivity contribution is 0.184. The van der Waals surface area contributed by atoms with Crippen molar-refractivity contribution in [3.8, 4) is 0 Å². The van der Waals surface area contributed by atoms with Crippen LogP contribution < -0.4 is 10.6 Å². The van der Waals surface area contributed by atoms with Gasteiger partial charge < -0.3 is 15.4 Å². The lowest BCUT2D eigenvalue weighted by Crippen LogP contribution is -2.38. The Morgan fingerprint density at radius 1 is 1.25 bits per heavy atom. The van der Waals surface area contributed by atoms with Gasteiger partial charge in [0.15, 0.2) is 5.96 Å². The molecule has 1 aromatic carbocycles. The van der Waals surface area contributed by atoms with E-state index in [1.54, 1.807) is 14.2 Å². The lowest BCUT2D eigenvalue weighted by atomic mass is 10.1. The predicted octanol–water partition coefficient (Wildman–Crippen LogP) is 2.48. The third-order valence-corrected chi connectivity index (χ3v) is 3.30. The molecule has 4 nitrogen and oxygen atoms in total. The van der Waals surface area contributed by atoms with E-state index >= 15 is 0 Å². The quantitative estimate of drug-likeness (QED) is 0.315. The molecule has 0 atom stereocenters. The molecule has 2 N–H and O–H groups in total. The van der Waals surface area contributed by atoms with Gasteiger partial charge in [0, 0.05) is 33.0 Å². The lowest BCUT2D eigenvalue weighted by Gasteiger charge is -2.13. The van der Waals surface area contributed by atoms with Crippen molar-refractivity contribution in [2.75, 3.05) is 32.7 Å². The Kier molecular flexibility index (Phi) is 12.0. The van der Waals surface area contributed by atoms with Gasteiger partial charge in [-0.3, -0.25) is 4.99 Å². The number of hydrogen-bond donors (Lipinski definition) is 2. The second-order valence-electron chi connectivity index (χ2n) is 4.05. The van der Waals surface area contributed by atoms with Crippen molar-refractivity contribution < 1.29 is 4.74 Å². The number of rotatable bonds is 7. The van der Waals surface area contributed by atoms with Crippen LogP contribution in [0.5, 0.6) is 0 Å². The number of ether oxygens (including phenoxy) is 1. The normalized spacial score (nSPS) is 10.8. The van der Waals surface area contributed by atoms with Gasteiger partial charge in [0.2, 0.25) is 0 Å². The summed E-state index contributed by atoms with van der Waals surface area (Å²) in [7, 11) is 3.50. The Bertz CT molecular complexity index is 402. The highest BCUT2D eigenvalue weighted by atomic mass is 127. The smallest absolute Gasteiger partial charge is 0.191 e. The highest BCUT2D eigenvalue weighted by Gasteiger charge is 2.02. The van der Waals surface area contributed by atoms with Crippen molar-refractivity contribution in [1.82, 2.24) is 10.6 Å². The molecule has 0 aliphatic rings. The van der Waals surface area contributed by atoms with Crippen LogP contribution in [0.15, 0.2) is 29.3 Å². The van der Waals surface area contributed by atoms with Crippen molar-refractivity contribution in [3.05, 3.63) is 35.4 Å². The number of guanidine groups is 1. The van der Waals surface area contributed by atoms with Crippen LogP contribution in [0.25, 0.3) is 0 Å². The van der Waals surface area contributed by atoms with E-state index in [0.717, 1.165) is 24.8 Å². The van der Waals surface area contributed by atoms with Crippen molar-refractivity contribution in [3.63, 3.8) is 0 Å². The first-order valence-electron chi connectivity index (χ1n) is 6.31. The van der Waals surface area contributed by atoms with E-state index in [2.05, 4.69) is 34.0 Å². The molecule has 0 spiro atoms. The topological polar surface area (TPSA) is 45.7 Å². The molecule has 0 amide bonds. The minimum absolute atomic E-state index is 0. The molecule has 0 heterocycles. The van der Waals surface area contributed by atoms with E-state index < -0.39 is 0 Å². The molecular formula is C14H24IN3OS. The fourth-order valence-electron chi connectivity index (χ4n) is 1.70. The zero-order chi connectivity index (χ0) is 13.9. The molecule has 114 valence electrons. The summed E-state index contributed by atoms with van der Waals surface area (Å²) in [6.45, 7) is 2.30. The van der Waals surface area contributed by atoms with Gasteiger partial charge in [0.25, 0.3) is 0 Å². The van der Waals surface area contributed by atoms with E-state index in [1.165, 1.54) is 11.1 Å². The number of hydrogen-bond acceptors (Lipinski definition) is 3. The molecule has 0 fully saturated rings. The molecule has 0 saturated heterocycles. The Labute approximate surface area is 143 Å². The molecule has 0 radical (unpaired) electrons. The summed E-state index contributed by atoms with van der Waals surface area (Å²) in [6.07, 6.45) is 2.10. The van der Waals surface area contributed by atoms with Crippen LogP contribution in [0.1, 0.15) is 11.1 Å². The highest BCUT2D eigenvalue weighted by Crippen LogP contribution is 2.09. The van der Waals surface area contributed by atoms with Gasteiger partial charge in [-0.25, -0.2) is 0 Å². The number of nitrogens with zero attached hydrogens (tertiary/aromatic N) is 1. The fraction of sp³-hybridized carbons (Fsp3) is 0.500. The van der Waals surface area contributed by atoms with Gasteiger partial charge in [0.1, 0.15) is 0 Å². The zero-order valence-electron chi connectivity index (χ0n) is 12.3. The fourth-order valence-corrected chi connectivity index (χ4v) is 2.00. The van der Waals surface area contributed by atoms with Crippen LogP contribution in [-0.4, -0.2) is 38.7 Å². The minimum atomic E-state index is 0. The van der Waals surface area contributed by atoms with E-state index in [4.69, 9.17) is 4.74 Å². The number of nitrogens with one attached hydrogen (secondary N) is 2. The maximum absolute atomic E-state index is 5.20. The summed E-state index contributed by atoms with van der Waals surface area (Å²) in [5.74, 6) is 1.90. The Morgan fingerprint density at radius 3 is 2.55 bits per heavy atom. The van der Waals surface area contributed by atoms with Gasteiger partial charge >= 0.3 is 0 Å². The number of halogens is 1. The SMILES string of the molecule is CN=C(NCCSC)NCc1ccccc1COC.I. The third kappa shape index (κ3) is 7.35. The predicted molar refractivity (Wildman–Crippen MR) is 99.2 cm³/mol. The minimum Gasteiger partial charge on any atom is -0.380 e. The number of benzene rings is 1. The molecule has 20 heavy (non-hydrogen) atoms. The zero-order valence-corrected chi connectivity index (χ0v) is 15.5. The van der Waals surface area contributed by atoms with Crippen LogP contribution in [0.2, 0.25) is 0 Å². The first kappa shape index (κ1) is 19.5. The standard InChI is InChI=1S/C14H23N3OS.HI/c1-15-14(16-8-9-19-3)17-10-12-6-4-5-7-13(12)11-18-2;/h4-7H,8-11H2,1-3H3,(H2,15,16,17);1H. The molecule has 0 saturated carbocycles. The van der Waals surface area contributed by atoms with Crippen molar-refractivity contribution in [2.45, 2.75) is 13.2 Å². The van der Waals surface area contributed by atoms with Gasteiger partial charge in [-0.1, -0.05) is 24.3 Å². The monoisotopic (exact) mass is 409 g/mol. The van der Waals surface area contributed by atoms with Crippen LogP contribution in [0, 0.1) is 0 Å². The van der Waals surface area contributed by atoms with Gasteiger partial charge in [-0.15, -0.1) is 24.0 Å². The maximum Gasteiger partial charge on any atom is 0.191 e. The number of thioether (sulfide) groups is 1. The van der Waals surface area contributed by atoms with Crippen molar-refractivity contribution in [2.24, 2.45) is 4.99 Å². The number of aliphatic imine (C=N–C) groups is 1. The second kappa shape index (κ2) is 12.3. The van der Waals surface area contributed by atoms with Crippen LogP contribution >= 0.6 is 35.7 Å². The summed E-state index contributed by atoms with van der Waals surface area (Å²) in [5.41, 5.74) is 2.44. The third-order valence-electron chi connectivity index (χ3n) is 2.69. The number of methoxy groups -OCH3 is 1. The largest absolute Gasteiger partial charge is 0.380 e. The van der Waals surface area contributed by atoms with Gasteiger partial charge in [-0.05, 0) is 17.4 Å². The first-order chi connectivity index (χ1) is 9.31. The molecular weight excluding hydrogens is 385 g/mol. The van der Waals surface area contributed by atoms with E-state index in [1.807, 2.05) is 23.9 Å². The average molecular weight is 409 g/mol. The van der Waals surface area contributed by atoms with Crippen LogP contribution in [0.3, 0.4) is 0 Å². The molecule has 0 aromatic heterocycles. The highest BCUT2D eigenvalue weighted by molar-refractivity contribution is 14.0. The maximum atomic E-state index is 5.20. The van der Waals surface area contributed by atoms with E-state index in [0.29, 0.717) is 6.61 Å². The summed E-state index contributed by atoms with van der Waals surface area (Å²) in [4.78, 5) is 4.20. The Balaban J connectivity index is 0.00000361. The van der Waals surface area contributed by atoms with E-state index in [9.17, 15) is 0 Å². The van der Waals surface area contributed by atoms with Crippen molar-refractivity contribution >= 4 is 41.7 Å². The first-order valence-corrected chi connectivity index (χ1v) is 7.70. The van der Waals surface area contributed by atoms with Crippen molar-refractivity contribution in [1.29, 1.82) is 0 Å². The van der Waals surface area contributed by atoms with Crippen LogP contribution in [-0.2, 0) is 17.9 Å². The van der Waals surface area contributed by atoms with Crippen LogP contribution in [0.4, 0.5) is 0 Å². The van der Waals surface area contributed by atoms with Gasteiger partial charge in [-0.2, -0.15) is 11.8 Å². The molecule has 1 aromatic rings. The summed E-state index contributed by atoms with van der Waals surface area (Å²) in [5, 5.41) is 6.60. The molecule has 0 aliphatic carbocycles. The Hall–Kier alpha value is -0.470. The second-order valence-corrected chi connectivity index (χ2v) is 5.03. The summed E-state index contributed by atoms with van der Waals surface area (Å²) >= 11 is 1.82. The molecule has 1 rings (SSSR count). The van der Waals surface area contributed by atoms with E-state index in [-0.39, 0.29) is 24.0 Å². The summed E-state index contributed by atoms with van der Waals surface area (Å²) < 4.78 is 5.20. The summed E-state index contributed by atoms with van der Waals surface area (Å²) in [6, 6.07) is 8.27. The average Bonchev–Trinajstić information content (AvgIpc) is 2.44. The molecule has 0 aliphatic heterocycles. The molecule has 0 bridgehead atoms.